The normalized spacial score (nSPS) is 14.8. The summed E-state index contributed by atoms with van der Waals surface area (Å²) in [6.07, 6.45) is 1.04. The van der Waals surface area contributed by atoms with Crippen LogP contribution in [0.3, 0.4) is 0 Å². The first kappa shape index (κ1) is 16.2. The van der Waals surface area contributed by atoms with Crippen molar-refractivity contribution in [2.75, 3.05) is 19.6 Å². The van der Waals surface area contributed by atoms with Crippen molar-refractivity contribution in [2.24, 2.45) is 0 Å². The van der Waals surface area contributed by atoms with Gasteiger partial charge in [-0.3, -0.25) is 4.90 Å². The fourth-order valence-electron chi connectivity index (χ4n) is 2.54. The highest BCUT2D eigenvalue weighted by Crippen LogP contribution is 2.17. The van der Waals surface area contributed by atoms with E-state index in [1.54, 1.807) is 17.5 Å². The lowest BCUT2D eigenvalue weighted by atomic mass is 10.0. The molecule has 0 saturated heterocycles. The van der Waals surface area contributed by atoms with Crippen molar-refractivity contribution in [3.8, 4) is 11.8 Å². The minimum atomic E-state index is -3.41. The number of hydrogen-bond acceptors (Lipinski definition) is 4. The molecule has 4 nitrogen and oxygen atoms in total. The Labute approximate surface area is 141 Å². The maximum atomic E-state index is 11.9. The standard InChI is InChI=1S/C17H18N2O2S2/c20-23(21,17-8-5-13-22-17)18-10-3-4-11-19-12-9-15-6-1-2-7-16(15)14-19/h1-2,5-8,13,18H,9-12,14H2. The molecule has 23 heavy (non-hydrogen) atoms. The van der Waals surface area contributed by atoms with Crippen molar-refractivity contribution in [2.45, 2.75) is 17.2 Å². The first-order chi connectivity index (χ1) is 11.1. The summed E-state index contributed by atoms with van der Waals surface area (Å²) in [5.41, 5.74) is 2.78. The third kappa shape index (κ3) is 4.21. The van der Waals surface area contributed by atoms with E-state index in [0.717, 1.165) is 19.5 Å². The summed E-state index contributed by atoms with van der Waals surface area (Å²) in [5, 5.41) is 1.74. The molecular weight excluding hydrogens is 328 g/mol. The fourth-order valence-corrected chi connectivity index (χ4v) is 4.50. The van der Waals surface area contributed by atoms with Gasteiger partial charge in [-0.05, 0) is 29.0 Å². The molecule has 0 amide bonds. The van der Waals surface area contributed by atoms with Crippen molar-refractivity contribution >= 4 is 21.4 Å². The molecule has 0 bridgehead atoms. The Balaban J connectivity index is 1.48. The number of sulfonamides is 1. The zero-order chi connectivity index (χ0) is 16.1. The smallest absolute Gasteiger partial charge is 0.250 e. The zero-order valence-corrected chi connectivity index (χ0v) is 14.3. The van der Waals surface area contributed by atoms with Crippen LogP contribution in [0.25, 0.3) is 0 Å². The van der Waals surface area contributed by atoms with Crippen LogP contribution in [0, 0.1) is 11.8 Å². The van der Waals surface area contributed by atoms with E-state index >= 15 is 0 Å². The number of hydrogen-bond donors (Lipinski definition) is 1. The Kier molecular flexibility index (Phi) is 5.13. The van der Waals surface area contributed by atoms with Gasteiger partial charge in [-0.15, -0.1) is 11.3 Å². The third-order valence-electron chi connectivity index (χ3n) is 3.75. The second-order valence-corrected chi connectivity index (χ2v) is 8.28. The van der Waals surface area contributed by atoms with E-state index in [2.05, 4.69) is 45.7 Å². The van der Waals surface area contributed by atoms with E-state index in [1.165, 1.54) is 22.5 Å². The highest BCUT2D eigenvalue weighted by atomic mass is 32.2. The van der Waals surface area contributed by atoms with Crippen molar-refractivity contribution in [1.82, 2.24) is 9.62 Å². The Bertz CT molecular complexity index is 818. The highest BCUT2D eigenvalue weighted by Gasteiger charge is 2.14. The van der Waals surface area contributed by atoms with E-state index in [0.29, 0.717) is 10.8 Å². The molecule has 2 aromatic rings. The Morgan fingerprint density at radius 1 is 1.13 bits per heavy atom. The molecule has 0 spiro atoms. The van der Waals surface area contributed by atoms with Crippen molar-refractivity contribution in [3.63, 3.8) is 0 Å². The van der Waals surface area contributed by atoms with Gasteiger partial charge in [-0.25, -0.2) is 8.42 Å². The molecule has 120 valence electrons. The summed E-state index contributed by atoms with van der Waals surface area (Å²) in [5.74, 6) is 5.95. The predicted molar refractivity (Wildman–Crippen MR) is 92.7 cm³/mol. The van der Waals surface area contributed by atoms with Gasteiger partial charge in [0.25, 0.3) is 10.0 Å². The molecule has 1 aliphatic heterocycles. The molecule has 2 heterocycles. The molecule has 0 aliphatic carbocycles. The van der Waals surface area contributed by atoms with Gasteiger partial charge in [0, 0.05) is 13.1 Å². The van der Waals surface area contributed by atoms with E-state index in [4.69, 9.17) is 0 Å². The van der Waals surface area contributed by atoms with Crippen LogP contribution in [0.2, 0.25) is 0 Å². The number of rotatable bonds is 4. The zero-order valence-electron chi connectivity index (χ0n) is 12.7. The molecule has 1 aromatic heterocycles. The van der Waals surface area contributed by atoms with Crippen LogP contribution < -0.4 is 4.72 Å². The minimum Gasteiger partial charge on any atom is -0.288 e. The lowest BCUT2D eigenvalue weighted by molar-refractivity contribution is 0.286. The average molecular weight is 346 g/mol. The van der Waals surface area contributed by atoms with Gasteiger partial charge in [-0.1, -0.05) is 42.2 Å². The molecule has 0 fully saturated rings. The van der Waals surface area contributed by atoms with Gasteiger partial charge >= 0.3 is 0 Å². The molecule has 0 saturated carbocycles. The first-order valence-electron chi connectivity index (χ1n) is 7.43. The summed E-state index contributed by atoms with van der Waals surface area (Å²) in [4.78, 5) is 2.28. The van der Waals surface area contributed by atoms with Crippen LogP contribution in [-0.2, 0) is 23.0 Å². The molecule has 3 rings (SSSR count). The van der Waals surface area contributed by atoms with Crippen molar-refractivity contribution < 1.29 is 8.42 Å². The summed E-state index contributed by atoms with van der Waals surface area (Å²) >= 11 is 1.20. The summed E-state index contributed by atoms with van der Waals surface area (Å²) < 4.78 is 26.7. The van der Waals surface area contributed by atoms with Gasteiger partial charge < -0.3 is 0 Å². The maximum absolute atomic E-state index is 11.9. The third-order valence-corrected chi connectivity index (χ3v) is 6.55. The van der Waals surface area contributed by atoms with Crippen molar-refractivity contribution in [3.05, 3.63) is 52.9 Å². The van der Waals surface area contributed by atoms with E-state index in [-0.39, 0.29) is 6.54 Å². The fraction of sp³-hybridized carbons (Fsp3) is 0.294. The van der Waals surface area contributed by atoms with Gasteiger partial charge in [0.05, 0.1) is 13.1 Å². The minimum absolute atomic E-state index is 0.144. The topological polar surface area (TPSA) is 49.4 Å². The maximum Gasteiger partial charge on any atom is 0.250 e. The predicted octanol–water partition coefficient (Wildman–Crippen LogP) is 2.09. The van der Waals surface area contributed by atoms with Gasteiger partial charge in [-0.2, -0.15) is 4.72 Å². The Hall–Kier alpha value is -1.65. The van der Waals surface area contributed by atoms with Crippen LogP contribution in [0.15, 0.2) is 46.0 Å². The molecule has 0 atom stereocenters. The first-order valence-corrected chi connectivity index (χ1v) is 9.79. The second-order valence-electron chi connectivity index (χ2n) is 5.34. The Morgan fingerprint density at radius 2 is 1.96 bits per heavy atom. The lowest BCUT2D eigenvalue weighted by Gasteiger charge is -2.26. The van der Waals surface area contributed by atoms with E-state index in [9.17, 15) is 8.42 Å². The summed E-state index contributed by atoms with van der Waals surface area (Å²) in [6, 6.07) is 11.8. The second kappa shape index (κ2) is 7.28. The molecule has 1 aromatic carbocycles. The monoisotopic (exact) mass is 346 g/mol. The number of fused-ring (bicyclic) bond motifs is 1. The van der Waals surface area contributed by atoms with Crippen LogP contribution in [0.4, 0.5) is 0 Å². The molecular formula is C17H18N2O2S2. The summed E-state index contributed by atoms with van der Waals surface area (Å²) in [6.45, 7) is 2.71. The number of benzene rings is 1. The Morgan fingerprint density at radius 3 is 2.74 bits per heavy atom. The number of thiophene rings is 1. The average Bonchev–Trinajstić information content (AvgIpc) is 3.10. The van der Waals surface area contributed by atoms with Gasteiger partial charge in [0.2, 0.25) is 0 Å². The summed E-state index contributed by atoms with van der Waals surface area (Å²) in [7, 11) is -3.41. The number of nitrogens with one attached hydrogen (secondary N) is 1. The van der Waals surface area contributed by atoms with Crippen molar-refractivity contribution in [1.29, 1.82) is 0 Å². The molecule has 6 heteroatoms. The van der Waals surface area contributed by atoms with E-state index < -0.39 is 10.0 Å². The molecule has 1 aliphatic rings. The largest absolute Gasteiger partial charge is 0.288 e. The van der Waals surface area contributed by atoms with Crippen LogP contribution in [0.1, 0.15) is 11.1 Å². The van der Waals surface area contributed by atoms with E-state index in [1.807, 2.05) is 0 Å². The van der Waals surface area contributed by atoms with Crippen LogP contribution in [0.5, 0.6) is 0 Å². The highest BCUT2D eigenvalue weighted by molar-refractivity contribution is 7.91. The molecule has 0 unspecified atom stereocenters. The van der Waals surface area contributed by atoms with Gasteiger partial charge in [0.1, 0.15) is 4.21 Å². The van der Waals surface area contributed by atoms with Gasteiger partial charge in [0.15, 0.2) is 0 Å². The SMILES string of the molecule is O=S(=O)(NCC#CCN1CCc2ccccc2C1)c1cccs1. The van der Waals surface area contributed by atoms with Crippen LogP contribution in [-0.4, -0.2) is 33.0 Å². The van der Waals surface area contributed by atoms with Crippen LogP contribution >= 0.6 is 11.3 Å². The lowest BCUT2D eigenvalue weighted by Crippen LogP contribution is -2.30. The quantitative estimate of drug-likeness (QED) is 0.863. The molecule has 0 radical (unpaired) electrons. The number of nitrogens with zero attached hydrogens (tertiary/aromatic N) is 1. The molecule has 1 N–H and O–H groups in total.